The fourth-order valence-corrected chi connectivity index (χ4v) is 3.13. The van der Waals surface area contributed by atoms with E-state index in [4.69, 9.17) is 0 Å². The van der Waals surface area contributed by atoms with Crippen LogP contribution >= 0.6 is 11.8 Å². The third-order valence-electron chi connectivity index (χ3n) is 3.50. The van der Waals surface area contributed by atoms with Crippen LogP contribution in [0.1, 0.15) is 0 Å². The highest BCUT2D eigenvalue weighted by molar-refractivity contribution is 7.99. The number of nitrogens with one attached hydrogen (secondary N) is 1. The molecule has 0 aliphatic rings. The van der Waals surface area contributed by atoms with Crippen molar-refractivity contribution in [3.05, 3.63) is 73.1 Å². The van der Waals surface area contributed by atoms with Gasteiger partial charge in [-0.1, -0.05) is 54.2 Å². The van der Waals surface area contributed by atoms with E-state index < -0.39 is 5.82 Å². The van der Waals surface area contributed by atoms with Crippen LogP contribution in [-0.4, -0.2) is 26.4 Å². The van der Waals surface area contributed by atoms with Crippen LogP contribution in [-0.2, 0) is 11.3 Å². The van der Waals surface area contributed by atoms with Gasteiger partial charge in [-0.25, -0.2) is 4.39 Å². The smallest absolute Gasteiger partial charge is 0.234 e. The zero-order valence-electron chi connectivity index (χ0n) is 13.9. The first kappa shape index (κ1) is 17.9. The summed E-state index contributed by atoms with van der Waals surface area (Å²) in [5, 5.41) is 11.7. The van der Waals surface area contributed by atoms with E-state index in [0.29, 0.717) is 17.4 Å². The summed E-state index contributed by atoms with van der Waals surface area (Å²) in [6, 6.07) is 15.5. The molecule has 0 aliphatic carbocycles. The number of amides is 1. The molecule has 0 saturated carbocycles. The lowest BCUT2D eigenvalue weighted by molar-refractivity contribution is -0.113. The molecule has 1 N–H and O–H groups in total. The standard InChI is InChI=1S/C19H17FN4OS/c1-2-11-24-18(14-7-4-3-5-8-14)22-23-19(24)26-13-17(25)21-16-10-6-9-15(20)12-16/h2-10,12H,1,11,13H2,(H,21,25). The molecule has 3 rings (SSSR count). The fourth-order valence-electron chi connectivity index (χ4n) is 2.38. The molecular formula is C19H17FN4OS. The minimum atomic E-state index is -0.395. The molecular weight excluding hydrogens is 351 g/mol. The summed E-state index contributed by atoms with van der Waals surface area (Å²) in [6.45, 7) is 4.30. The molecule has 1 heterocycles. The molecule has 0 fully saturated rings. The third-order valence-corrected chi connectivity index (χ3v) is 4.47. The zero-order valence-corrected chi connectivity index (χ0v) is 14.7. The number of hydrogen-bond acceptors (Lipinski definition) is 4. The molecule has 26 heavy (non-hydrogen) atoms. The number of benzene rings is 2. The van der Waals surface area contributed by atoms with E-state index in [-0.39, 0.29) is 11.7 Å². The Hall–Kier alpha value is -2.93. The van der Waals surface area contributed by atoms with Crippen molar-refractivity contribution in [2.45, 2.75) is 11.7 Å². The number of hydrogen-bond donors (Lipinski definition) is 1. The molecule has 2 aromatic carbocycles. The second-order valence-electron chi connectivity index (χ2n) is 5.42. The van der Waals surface area contributed by atoms with Gasteiger partial charge in [0, 0.05) is 17.8 Å². The number of carbonyl (C=O) groups is 1. The molecule has 7 heteroatoms. The number of allylic oxidation sites excluding steroid dienone is 1. The Bertz CT molecular complexity index is 911. The van der Waals surface area contributed by atoms with Gasteiger partial charge in [0.05, 0.1) is 5.75 Å². The first-order chi connectivity index (χ1) is 12.7. The van der Waals surface area contributed by atoms with Gasteiger partial charge in [-0.15, -0.1) is 16.8 Å². The van der Waals surface area contributed by atoms with Crippen LogP contribution in [0.5, 0.6) is 0 Å². The molecule has 0 radical (unpaired) electrons. The molecule has 0 bridgehead atoms. The predicted octanol–water partition coefficient (Wildman–Crippen LogP) is 4.00. The second-order valence-corrected chi connectivity index (χ2v) is 6.36. The van der Waals surface area contributed by atoms with Gasteiger partial charge in [-0.2, -0.15) is 0 Å². The summed E-state index contributed by atoms with van der Waals surface area (Å²) < 4.78 is 15.1. The number of halogens is 1. The molecule has 0 atom stereocenters. The Morgan fingerprint density at radius 1 is 1.19 bits per heavy atom. The molecule has 132 valence electrons. The fraction of sp³-hybridized carbons (Fsp3) is 0.105. The van der Waals surface area contributed by atoms with Crippen LogP contribution in [0.2, 0.25) is 0 Å². The molecule has 5 nitrogen and oxygen atoms in total. The highest BCUT2D eigenvalue weighted by Gasteiger charge is 2.14. The van der Waals surface area contributed by atoms with E-state index in [9.17, 15) is 9.18 Å². The summed E-state index contributed by atoms with van der Waals surface area (Å²) in [6.07, 6.45) is 1.76. The number of carbonyl (C=O) groups excluding carboxylic acids is 1. The van der Waals surface area contributed by atoms with Crippen LogP contribution in [0, 0.1) is 5.82 Å². The monoisotopic (exact) mass is 368 g/mol. The lowest BCUT2D eigenvalue weighted by Crippen LogP contribution is -2.14. The number of aromatic nitrogens is 3. The van der Waals surface area contributed by atoms with E-state index in [1.807, 2.05) is 34.9 Å². The molecule has 0 aliphatic heterocycles. The second kappa shape index (κ2) is 8.44. The van der Waals surface area contributed by atoms with Gasteiger partial charge in [0.1, 0.15) is 5.82 Å². The van der Waals surface area contributed by atoms with Crippen molar-refractivity contribution < 1.29 is 9.18 Å². The molecule has 3 aromatic rings. The van der Waals surface area contributed by atoms with Gasteiger partial charge in [-0.3, -0.25) is 9.36 Å². The SMILES string of the molecule is C=CCn1c(SCC(=O)Nc2cccc(F)c2)nnc1-c1ccccc1. The Morgan fingerprint density at radius 3 is 2.73 bits per heavy atom. The summed E-state index contributed by atoms with van der Waals surface area (Å²) in [5.41, 5.74) is 1.37. The van der Waals surface area contributed by atoms with E-state index in [1.54, 1.807) is 18.2 Å². The van der Waals surface area contributed by atoms with Crippen molar-refractivity contribution in [1.82, 2.24) is 14.8 Å². The maximum atomic E-state index is 13.2. The third kappa shape index (κ3) is 4.37. The van der Waals surface area contributed by atoms with Crippen LogP contribution < -0.4 is 5.32 Å². The summed E-state index contributed by atoms with van der Waals surface area (Å²) in [4.78, 5) is 12.1. The maximum Gasteiger partial charge on any atom is 0.234 e. The average Bonchev–Trinajstić information content (AvgIpc) is 3.04. The lowest BCUT2D eigenvalue weighted by atomic mass is 10.2. The highest BCUT2D eigenvalue weighted by Crippen LogP contribution is 2.24. The minimum Gasteiger partial charge on any atom is -0.325 e. The first-order valence-corrected chi connectivity index (χ1v) is 8.93. The van der Waals surface area contributed by atoms with Crippen LogP contribution in [0.3, 0.4) is 0 Å². The van der Waals surface area contributed by atoms with Gasteiger partial charge >= 0.3 is 0 Å². The summed E-state index contributed by atoms with van der Waals surface area (Å²) >= 11 is 1.27. The number of nitrogens with zero attached hydrogens (tertiary/aromatic N) is 3. The van der Waals surface area contributed by atoms with Gasteiger partial charge in [0.2, 0.25) is 5.91 Å². The van der Waals surface area contributed by atoms with Gasteiger partial charge in [-0.05, 0) is 18.2 Å². The van der Waals surface area contributed by atoms with Crippen molar-refractivity contribution >= 4 is 23.4 Å². The minimum absolute atomic E-state index is 0.139. The maximum absolute atomic E-state index is 13.2. The first-order valence-electron chi connectivity index (χ1n) is 7.95. The van der Waals surface area contributed by atoms with Crippen molar-refractivity contribution in [1.29, 1.82) is 0 Å². The van der Waals surface area contributed by atoms with E-state index in [2.05, 4.69) is 22.1 Å². The van der Waals surface area contributed by atoms with Crippen molar-refractivity contribution in [2.75, 3.05) is 11.1 Å². The van der Waals surface area contributed by atoms with Crippen molar-refractivity contribution in [2.24, 2.45) is 0 Å². The zero-order chi connectivity index (χ0) is 18.4. The normalized spacial score (nSPS) is 10.5. The van der Waals surface area contributed by atoms with Crippen LogP contribution in [0.15, 0.2) is 72.4 Å². The van der Waals surface area contributed by atoms with Gasteiger partial charge < -0.3 is 5.32 Å². The largest absolute Gasteiger partial charge is 0.325 e. The molecule has 0 spiro atoms. The molecule has 0 unspecified atom stereocenters. The van der Waals surface area contributed by atoms with Crippen LogP contribution in [0.4, 0.5) is 10.1 Å². The molecule has 1 amide bonds. The Labute approximate surface area is 155 Å². The topological polar surface area (TPSA) is 59.8 Å². The van der Waals surface area contributed by atoms with Crippen LogP contribution in [0.25, 0.3) is 11.4 Å². The Kier molecular flexibility index (Phi) is 5.80. The number of anilines is 1. The number of thioether (sulfide) groups is 1. The molecule has 0 saturated heterocycles. The van der Waals surface area contributed by atoms with Crippen molar-refractivity contribution in [3.63, 3.8) is 0 Å². The Morgan fingerprint density at radius 2 is 2.00 bits per heavy atom. The lowest BCUT2D eigenvalue weighted by Gasteiger charge is -2.08. The molecule has 1 aromatic heterocycles. The van der Waals surface area contributed by atoms with E-state index in [0.717, 1.165) is 11.4 Å². The van der Waals surface area contributed by atoms with Gasteiger partial charge in [0.15, 0.2) is 11.0 Å². The van der Waals surface area contributed by atoms with Crippen molar-refractivity contribution in [3.8, 4) is 11.4 Å². The quantitative estimate of drug-likeness (QED) is 0.506. The van der Waals surface area contributed by atoms with E-state index in [1.165, 1.54) is 23.9 Å². The average molecular weight is 368 g/mol. The Balaban J connectivity index is 1.70. The highest BCUT2D eigenvalue weighted by atomic mass is 32.2. The number of rotatable bonds is 7. The predicted molar refractivity (Wildman–Crippen MR) is 101 cm³/mol. The van der Waals surface area contributed by atoms with E-state index >= 15 is 0 Å². The van der Waals surface area contributed by atoms with Gasteiger partial charge in [0.25, 0.3) is 0 Å². The summed E-state index contributed by atoms with van der Waals surface area (Å²) in [7, 11) is 0. The summed E-state index contributed by atoms with van der Waals surface area (Å²) in [5.74, 6) is 0.225.